The van der Waals surface area contributed by atoms with Crippen molar-refractivity contribution in [2.24, 2.45) is 0 Å². The van der Waals surface area contributed by atoms with Gasteiger partial charge in [0.2, 0.25) is 5.91 Å². The number of carbonyl (C=O) groups is 2. The second kappa shape index (κ2) is 7.94. The Kier molecular flexibility index (Phi) is 5.46. The monoisotopic (exact) mass is 338 g/mol. The molecule has 25 heavy (non-hydrogen) atoms. The summed E-state index contributed by atoms with van der Waals surface area (Å²) in [6, 6.07) is 16.6. The molecule has 0 radical (unpaired) electrons. The lowest BCUT2D eigenvalue weighted by molar-refractivity contribution is -0.130. The Morgan fingerprint density at radius 3 is 2.44 bits per heavy atom. The van der Waals surface area contributed by atoms with Gasteiger partial charge in [0, 0.05) is 26.1 Å². The van der Waals surface area contributed by atoms with E-state index in [0.717, 1.165) is 24.1 Å². The molecule has 5 nitrogen and oxygen atoms in total. The van der Waals surface area contributed by atoms with Crippen LogP contribution in [0.1, 0.15) is 35.6 Å². The third-order valence-electron chi connectivity index (χ3n) is 4.47. The Bertz CT molecular complexity index is 746. The highest BCUT2D eigenvalue weighted by molar-refractivity contribution is 5.82. The maximum atomic E-state index is 12.2. The zero-order chi connectivity index (χ0) is 17.6. The van der Waals surface area contributed by atoms with E-state index >= 15 is 0 Å². The van der Waals surface area contributed by atoms with E-state index in [4.69, 9.17) is 0 Å². The highest BCUT2D eigenvalue weighted by atomic mass is 16.3. The van der Waals surface area contributed by atoms with Gasteiger partial charge in [0.15, 0.2) is 6.10 Å². The summed E-state index contributed by atoms with van der Waals surface area (Å²) in [5.41, 5.74) is 2.54. The van der Waals surface area contributed by atoms with Crippen LogP contribution in [-0.4, -0.2) is 28.4 Å². The number of likely N-dealkylation sites (tertiary alicyclic amines) is 1. The molecule has 1 atom stereocenters. The van der Waals surface area contributed by atoms with Crippen LogP contribution in [0.5, 0.6) is 0 Å². The van der Waals surface area contributed by atoms with Crippen molar-refractivity contribution in [1.82, 2.24) is 10.2 Å². The Balaban J connectivity index is 1.63. The van der Waals surface area contributed by atoms with E-state index < -0.39 is 12.0 Å². The quantitative estimate of drug-likeness (QED) is 0.848. The number of hydrogen-bond donors (Lipinski definition) is 2. The van der Waals surface area contributed by atoms with Crippen molar-refractivity contribution < 1.29 is 14.7 Å². The Morgan fingerprint density at radius 1 is 1.08 bits per heavy atom. The van der Waals surface area contributed by atoms with Crippen LogP contribution in [-0.2, 0) is 22.7 Å². The summed E-state index contributed by atoms with van der Waals surface area (Å²) in [6.45, 7) is 1.67. The normalized spacial score (nSPS) is 15.2. The fourth-order valence-corrected chi connectivity index (χ4v) is 3.03. The molecule has 1 unspecified atom stereocenters. The van der Waals surface area contributed by atoms with Gasteiger partial charge in [-0.1, -0.05) is 54.6 Å². The molecule has 2 N–H and O–H groups in total. The lowest BCUT2D eigenvalue weighted by Crippen LogP contribution is -2.30. The SMILES string of the molecule is O=C(NCc1ccccc1CN1CCCC1=O)C(O)c1ccccc1. The van der Waals surface area contributed by atoms with Crippen molar-refractivity contribution in [3.63, 3.8) is 0 Å². The van der Waals surface area contributed by atoms with Gasteiger partial charge in [-0.3, -0.25) is 9.59 Å². The minimum absolute atomic E-state index is 0.179. The zero-order valence-electron chi connectivity index (χ0n) is 14.0. The first kappa shape index (κ1) is 17.2. The molecule has 0 aromatic heterocycles. The van der Waals surface area contributed by atoms with E-state index in [1.54, 1.807) is 24.3 Å². The summed E-state index contributed by atoms with van der Waals surface area (Å²) >= 11 is 0. The molecule has 2 aromatic rings. The summed E-state index contributed by atoms with van der Waals surface area (Å²) < 4.78 is 0. The van der Waals surface area contributed by atoms with Gasteiger partial charge in [0.25, 0.3) is 5.91 Å². The largest absolute Gasteiger partial charge is 0.378 e. The van der Waals surface area contributed by atoms with Crippen LogP contribution in [0.25, 0.3) is 0 Å². The van der Waals surface area contributed by atoms with Crippen LogP contribution in [0.4, 0.5) is 0 Å². The van der Waals surface area contributed by atoms with E-state index in [9.17, 15) is 14.7 Å². The van der Waals surface area contributed by atoms with Crippen LogP contribution >= 0.6 is 0 Å². The Hall–Kier alpha value is -2.66. The minimum Gasteiger partial charge on any atom is -0.378 e. The molecule has 5 heteroatoms. The number of benzene rings is 2. The zero-order valence-corrected chi connectivity index (χ0v) is 14.0. The van der Waals surface area contributed by atoms with Crippen LogP contribution in [0.3, 0.4) is 0 Å². The highest BCUT2D eigenvalue weighted by Gasteiger charge is 2.21. The summed E-state index contributed by atoms with van der Waals surface area (Å²) in [5, 5.41) is 12.9. The molecule has 0 saturated carbocycles. The van der Waals surface area contributed by atoms with Gasteiger partial charge >= 0.3 is 0 Å². The van der Waals surface area contributed by atoms with Crippen LogP contribution in [0, 0.1) is 0 Å². The molecule has 130 valence electrons. The molecule has 3 rings (SSSR count). The van der Waals surface area contributed by atoms with E-state index in [2.05, 4.69) is 5.32 Å². The fourth-order valence-electron chi connectivity index (χ4n) is 3.03. The molecular formula is C20H22N2O3. The average Bonchev–Trinajstić information content (AvgIpc) is 3.05. The smallest absolute Gasteiger partial charge is 0.253 e. The van der Waals surface area contributed by atoms with Crippen LogP contribution in [0.15, 0.2) is 54.6 Å². The average molecular weight is 338 g/mol. The van der Waals surface area contributed by atoms with Gasteiger partial charge in [-0.2, -0.15) is 0 Å². The summed E-state index contributed by atoms with van der Waals surface area (Å²) in [6.07, 6.45) is 0.330. The maximum Gasteiger partial charge on any atom is 0.253 e. The van der Waals surface area contributed by atoms with Crippen LogP contribution < -0.4 is 5.32 Å². The molecule has 1 aliphatic heterocycles. The lowest BCUT2D eigenvalue weighted by Gasteiger charge is -2.19. The van der Waals surface area contributed by atoms with E-state index in [0.29, 0.717) is 25.1 Å². The number of rotatable bonds is 6. The second-order valence-corrected chi connectivity index (χ2v) is 6.22. The Morgan fingerprint density at radius 2 is 1.76 bits per heavy atom. The summed E-state index contributed by atoms with van der Waals surface area (Å²) in [4.78, 5) is 25.9. The molecule has 2 aromatic carbocycles. The van der Waals surface area contributed by atoms with E-state index in [-0.39, 0.29) is 5.91 Å². The molecule has 0 aliphatic carbocycles. The van der Waals surface area contributed by atoms with Crippen molar-refractivity contribution in [2.45, 2.75) is 32.0 Å². The van der Waals surface area contributed by atoms with Crippen molar-refractivity contribution in [3.8, 4) is 0 Å². The highest BCUT2D eigenvalue weighted by Crippen LogP contribution is 2.18. The number of aliphatic hydroxyl groups is 1. The number of amides is 2. The van der Waals surface area contributed by atoms with Gasteiger partial charge < -0.3 is 15.3 Å². The second-order valence-electron chi connectivity index (χ2n) is 6.22. The first-order chi connectivity index (χ1) is 12.1. The predicted octanol–water partition coefficient (Wildman–Crippen LogP) is 2.16. The van der Waals surface area contributed by atoms with Crippen molar-refractivity contribution in [3.05, 3.63) is 71.3 Å². The standard InChI is InChI=1S/C20H22N2O3/c23-18-11-6-12-22(18)14-17-10-5-4-9-16(17)13-21-20(25)19(24)15-7-2-1-3-8-15/h1-5,7-10,19,24H,6,11-14H2,(H,21,25). The number of hydrogen-bond acceptors (Lipinski definition) is 3. The van der Waals surface area contributed by atoms with Crippen LogP contribution in [0.2, 0.25) is 0 Å². The van der Waals surface area contributed by atoms with Crippen molar-refractivity contribution >= 4 is 11.8 Å². The minimum atomic E-state index is -1.19. The number of aliphatic hydroxyl groups excluding tert-OH is 1. The lowest BCUT2D eigenvalue weighted by atomic mass is 10.1. The fraction of sp³-hybridized carbons (Fsp3) is 0.300. The van der Waals surface area contributed by atoms with Gasteiger partial charge in [0.05, 0.1) is 0 Å². The van der Waals surface area contributed by atoms with Crippen molar-refractivity contribution in [1.29, 1.82) is 0 Å². The maximum absolute atomic E-state index is 12.2. The van der Waals surface area contributed by atoms with Gasteiger partial charge in [0.1, 0.15) is 0 Å². The molecular weight excluding hydrogens is 316 g/mol. The molecule has 0 spiro atoms. The number of nitrogens with zero attached hydrogens (tertiary/aromatic N) is 1. The number of carbonyl (C=O) groups excluding carboxylic acids is 2. The molecule has 2 amide bonds. The van der Waals surface area contributed by atoms with E-state index in [1.165, 1.54) is 0 Å². The molecule has 1 aliphatic rings. The molecule has 1 saturated heterocycles. The van der Waals surface area contributed by atoms with Gasteiger partial charge in [-0.15, -0.1) is 0 Å². The van der Waals surface area contributed by atoms with Gasteiger partial charge in [-0.25, -0.2) is 0 Å². The predicted molar refractivity (Wildman–Crippen MR) is 94.3 cm³/mol. The molecule has 0 bridgehead atoms. The summed E-state index contributed by atoms with van der Waals surface area (Å²) in [5.74, 6) is -0.253. The summed E-state index contributed by atoms with van der Waals surface area (Å²) in [7, 11) is 0. The molecule has 1 heterocycles. The van der Waals surface area contributed by atoms with E-state index in [1.807, 2.05) is 35.2 Å². The van der Waals surface area contributed by atoms with Crippen molar-refractivity contribution in [2.75, 3.05) is 6.54 Å². The topological polar surface area (TPSA) is 69.6 Å². The Labute approximate surface area is 147 Å². The third-order valence-corrected chi connectivity index (χ3v) is 4.47. The number of nitrogens with one attached hydrogen (secondary N) is 1. The molecule has 1 fully saturated rings. The van der Waals surface area contributed by atoms with Gasteiger partial charge in [-0.05, 0) is 23.1 Å². The first-order valence-electron chi connectivity index (χ1n) is 8.50. The first-order valence-corrected chi connectivity index (χ1v) is 8.50. The third kappa shape index (κ3) is 4.25.